The first-order valence-corrected chi connectivity index (χ1v) is 5.61. The van der Waals surface area contributed by atoms with Gasteiger partial charge < -0.3 is 19.9 Å². The molecule has 0 atom stereocenters. The molecule has 1 aliphatic heterocycles. The lowest BCUT2D eigenvalue weighted by atomic mass is 10.3. The minimum absolute atomic E-state index is 0.101. The molecule has 0 aliphatic carbocycles. The number of hydrogen-bond acceptors (Lipinski definition) is 5. The second-order valence-corrected chi connectivity index (χ2v) is 3.89. The Labute approximate surface area is 109 Å². The van der Waals surface area contributed by atoms with Gasteiger partial charge in [0.25, 0.3) is 0 Å². The number of nitrogens with zero attached hydrogens (tertiary/aromatic N) is 1. The van der Waals surface area contributed by atoms with E-state index in [0.717, 1.165) is 0 Å². The molecule has 2 aromatic rings. The molecule has 0 saturated carbocycles. The smallest absolute Gasteiger partial charge is 0.231 e. The summed E-state index contributed by atoms with van der Waals surface area (Å²) < 4.78 is 16.1. The standard InChI is InChI=1S/C13H11N3O3/c14-13(15)9-2-1-3-12(16-9)19-8-4-5-10-11(6-8)18-7-17-10/h1-6H,7H2,(H3,14,15). The van der Waals surface area contributed by atoms with Crippen molar-refractivity contribution in [2.45, 2.75) is 0 Å². The molecule has 3 N–H and O–H groups in total. The Bertz CT molecular complexity index is 643. The summed E-state index contributed by atoms with van der Waals surface area (Å²) >= 11 is 0. The molecule has 96 valence electrons. The molecular weight excluding hydrogens is 246 g/mol. The highest BCUT2D eigenvalue weighted by atomic mass is 16.7. The van der Waals surface area contributed by atoms with Gasteiger partial charge in [-0.05, 0) is 18.2 Å². The molecule has 0 radical (unpaired) electrons. The van der Waals surface area contributed by atoms with Gasteiger partial charge in [0.15, 0.2) is 11.5 Å². The van der Waals surface area contributed by atoms with Crippen LogP contribution in [0.2, 0.25) is 0 Å². The second-order valence-electron chi connectivity index (χ2n) is 3.89. The van der Waals surface area contributed by atoms with Crippen LogP contribution in [0.25, 0.3) is 0 Å². The van der Waals surface area contributed by atoms with Crippen molar-refractivity contribution in [1.82, 2.24) is 4.98 Å². The van der Waals surface area contributed by atoms with E-state index in [1.807, 2.05) is 0 Å². The number of nitrogens with one attached hydrogen (secondary N) is 1. The van der Waals surface area contributed by atoms with Crippen molar-refractivity contribution in [3.8, 4) is 23.1 Å². The molecule has 19 heavy (non-hydrogen) atoms. The summed E-state index contributed by atoms with van der Waals surface area (Å²) in [6, 6.07) is 10.3. The number of pyridine rings is 1. The van der Waals surface area contributed by atoms with Crippen LogP contribution in [0.4, 0.5) is 0 Å². The van der Waals surface area contributed by atoms with E-state index in [4.69, 9.17) is 25.4 Å². The molecule has 1 aromatic carbocycles. The van der Waals surface area contributed by atoms with Gasteiger partial charge in [-0.3, -0.25) is 5.41 Å². The highest BCUT2D eigenvalue weighted by Gasteiger charge is 2.14. The van der Waals surface area contributed by atoms with Crippen LogP contribution >= 0.6 is 0 Å². The van der Waals surface area contributed by atoms with E-state index >= 15 is 0 Å². The van der Waals surface area contributed by atoms with Crippen LogP contribution in [-0.4, -0.2) is 17.6 Å². The van der Waals surface area contributed by atoms with Crippen molar-refractivity contribution in [3.05, 3.63) is 42.1 Å². The van der Waals surface area contributed by atoms with Crippen LogP contribution in [0, 0.1) is 5.41 Å². The lowest BCUT2D eigenvalue weighted by Gasteiger charge is -2.06. The number of ether oxygens (including phenoxy) is 3. The van der Waals surface area contributed by atoms with Crippen molar-refractivity contribution in [3.63, 3.8) is 0 Å². The van der Waals surface area contributed by atoms with Gasteiger partial charge in [-0.15, -0.1) is 0 Å². The summed E-state index contributed by atoms with van der Waals surface area (Å²) in [6.07, 6.45) is 0. The predicted molar refractivity (Wildman–Crippen MR) is 67.9 cm³/mol. The molecule has 1 aliphatic rings. The summed E-state index contributed by atoms with van der Waals surface area (Å²) in [6.45, 7) is 0.219. The normalized spacial score (nSPS) is 12.2. The van der Waals surface area contributed by atoms with Crippen molar-refractivity contribution in [2.75, 3.05) is 6.79 Å². The monoisotopic (exact) mass is 257 g/mol. The van der Waals surface area contributed by atoms with Gasteiger partial charge in [0.1, 0.15) is 17.3 Å². The van der Waals surface area contributed by atoms with E-state index in [2.05, 4.69) is 4.98 Å². The van der Waals surface area contributed by atoms with Crippen LogP contribution in [0.1, 0.15) is 5.69 Å². The number of fused-ring (bicyclic) bond motifs is 1. The van der Waals surface area contributed by atoms with Crippen LogP contribution in [0.15, 0.2) is 36.4 Å². The molecule has 0 spiro atoms. The van der Waals surface area contributed by atoms with E-state index < -0.39 is 0 Å². The predicted octanol–water partition coefficient (Wildman–Crippen LogP) is 1.89. The fraction of sp³-hybridized carbons (Fsp3) is 0.0769. The number of amidine groups is 1. The molecule has 0 unspecified atom stereocenters. The number of rotatable bonds is 3. The van der Waals surface area contributed by atoms with Crippen molar-refractivity contribution in [1.29, 1.82) is 5.41 Å². The summed E-state index contributed by atoms with van der Waals surface area (Å²) in [7, 11) is 0. The Morgan fingerprint density at radius 1 is 1.21 bits per heavy atom. The number of nitrogen functional groups attached to an aromatic ring is 1. The average molecular weight is 257 g/mol. The Balaban J connectivity index is 1.85. The Kier molecular flexibility index (Phi) is 2.68. The molecule has 0 fully saturated rings. The fourth-order valence-electron chi connectivity index (χ4n) is 1.68. The first-order valence-electron chi connectivity index (χ1n) is 5.61. The lowest BCUT2D eigenvalue weighted by molar-refractivity contribution is 0.174. The Hall–Kier alpha value is -2.76. The van der Waals surface area contributed by atoms with Crippen LogP contribution in [0.3, 0.4) is 0 Å². The average Bonchev–Trinajstić information content (AvgIpc) is 2.86. The quantitative estimate of drug-likeness (QED) is 0.647. The van der Waals surface area contributed by atoms with Crippen LogP contribution in [-0.2, 0) is 0 Å². The van der Waals surface area contributed by atoms with Crippen molar-refractivity contribution in [2.24, 2.45) is 5.73 Å². The molecule has 3 rings (SSSR count). The summed E-state index contributed by atoms with van der Waals surface area (Å²) in [5.41, 5.74) is 5.75. The molecule has 6 heteroatoms. The van der Waals surface area contributed by atoms with Gasteiger partial charge in [-0.25, -0.2) is 4.98 Å². The van der Waals surface area contributed by atoms with E-state index in [-0.39, 0.29) is 12.6 Å². The van der Waals surface area contributed by atoms with Crippen LogP contribution < -0.4 is 19.9 Å². The topological polar surface area (TPSA) is 90.5 Å². The summed E-state index contributed by atoms with van der Waals surface area (Å²) in [4.78, 5) is 4.12. The molecular formula is C13H11N3O3. The van der Waals surface area contributed by atoms with Gasteiger partial charge >= 0.3 is 0 Å². The van der Waals surface area contributed by atoms with Gasteiger partial charge in [0, 0.05) is 12.1 Å². The van der Waals surface area contributed by atoms with Gasteiger partial charge in [-0.1, -0.05) is 6.07 Å². The van der Waals surface area contributed by atoms with Gasteiger partial charge in [0.05, 0.1) is 0 Å². The zero-order valence-corrected chi connectivity index (χ0v) is 9.92. The highest BCUT2D eigenvalue weighted by Crippen LogP contribution is 2.36. The molecule has 6 nitrogen and oxygen atoms in total. The largest absolute Gasteiger partial charge is 0.454 e. The molecule has 0 saturated heterocycles. The third-order valence-electron chi connectivity index (χ3n) is 2.57. The van der Waals surface area contributed by atoms with Crippen LogP contribution in [0.5, 0.6) is 23.1 Å². The zero-order valence-electron chi connectivity index (χ0n) is 9.92. The molecule has 1 aromatic heterocycles. The Morgan fingerprint density at radius 3 is 2.89 bits per heavy atom. The second kappa shape index (κ2) is 4.49. The SMILES string of the molecule is N=C(N)c1cccc(Oc2ccc3c(c2)OCO3)n1. The number of hydrogen-bond donors (Lipinski definition) is 2. The first kappa shape index (κ1) is 11.3. The van der Waals surface area contributed by atoms with E-state index in [1.54, 1.807) is 36.4 Å². The van der Waals surface area contributed by atoms with E-state index in [1.165, 1.54) is 0 Å². The lowest BCUT2D eigenvalue weighted by Crippen LogP contribution is -2.13. The van der Waals surface area contributed by atoms with Gasteiger partial charge in [0.2, 0.25) is 12.7 Å². The van der Waals surface area contributed by atoms with E-state index in [9.17, 15) is 0 Å². The van der Waals surface area contributed by atoms with Gasteiger partial charge in [-0.2, -0.15) is 0 Å². The third kappa shape index (κ3) is 2.28. The molecule has 0 bridgehead atoms. The van der Waals surface area contributed by atoms with E-state index in [0.29, 0.717) is 28.8 Å². The minimum Gasteiger partial charge on any atom is -0.454 e. The molecule has 0 amide bonds. The third-order valence-corrected chi connectivity index (χ3v) is 2.57. The number of aromatic nitrogens is 1. The number of nitrogens with two attached hydrogens (primary N) is 1. The van der Waals surface area contributed by atoms with Crippen molar-refractivity contribution >= 4 is 5.84 Å². The minimum atomic E-state index is -0.101. The maximum Gasteiger partial charge on any atom is 0.231 e. The highest BCUT2D eigenvalue weighted by molar-refractivity contribution is 5.93. The number of benzene rings is 1. The maximum absolute atomic E-state index is 7.34. The van der Waals surface area contributed by atoms with Crippen molar-refractivity contribution < 1.29 is 14.2 Å². The zero-order chi connectivity index (χ0) is 13.2. The molecule has 2 heterocycles. The maximum atomic E-state index is 7.34. The summed E-state index contributed by atoms with van der Waals surface area (Å²) in [5, 5.41) is 7.34. The fourth-order valence-corrected chi connectivity index (χ4v) is 1.68. The summed E-state index contributed by atoms with van der Waals surface area (Å²) in [5.74, 6) is 2.18. The first-order chi connectivity index (χ1) is 9.22. The Morgan fingerprint density at radius 2 is 2.05 bits per heavy atom.